The Labute approximate surface area is 197 Å². The fourth-order valence-corrected chi connectivity index (χ4v) is 4.44. The van der Waals surface area contributed by atoms with Crippen LogP contribution in [-0.2, 0) is 4.79 Å². The van der Waals surface area contributed by atoms with E-state index in [0.29, 0.717) is 41.6 Å². The van der Waals surface area contributed by atoms with Gasteiger partial charge in [-0.2, -0.15) is 5.10 Å². The summed E-state index contributed by atoms with van der Waals surface area (Å²) in [6.45, 7) is 4.09. The number of carbonyl (C=O) groups excluding carboxylic acids is 2. The molecule has 9 heteroatoms. The molecule has 2 fully saturated rings. The minimum atomic E-state index is -0.568. The van der Waals surface area contributed by atoms with Gasteiger partial charge in [0.15, 0.2) is 0 Å². The number of primary amides is 1. The van der Waals surface area contributed by atoms with Crippen LogP contribution in [0, 0.1) is 0 Å². The van der Waals surface area contributed by atoms with Crippen LogP contribution in [0.5, 0.6) is 11.6 Å². The molecule has 9 nitrogen and oxygen atoms in total. The van der Waals surface area contributed by atoms with E-state index in [4.69, 9.17) is 15.2 Å². The zero-order valence-corrected chi connectivity index (χ0v) is 19.4. The molecule has 1 saturated carbocycles. The van der Waals surface area contributed by atoms with Gasteiger partial charge in [0.1, 0.15) is 12.4 Å². The summed E-state index contributed by atoms with van der Waals surface area (Å²) in [4.78, 5) is 28.4. The molecule has 3 N–H and O–H groups in total. The van der Waals surface area contributed by atoms with Gasteiger partial charge in [0, 0.05) is 35.3 Å². The Morgan fingerprint density at radius 2 is 2.06 bits per heavy atom. The Morgan fingerprint density at radius 3 is 2.71 bits per heavy atom. The molecule has 1 unspecified atom stereocenters. The first kappa shape index (κ1) is 22.2. The molecule has 0 bridgehead atoms. The third kappa shape index (κ3) is 4.30. The summed E-state index contributed by atoms with van der Waals surface area (Å²) in [5.41, 5.74) is 7.75. The summed E-state index contributed by atoms with van der Waals surface area (Å²) >= 11 is 0. The molecule has 3 heterocycles. The quantitative estimate of drug-likeness (QED) is 0.528. The number of aromatic nitrogens is 3. The summed E-state index contributed by atoms with van der Waals surface area (Å²) in [6.07, 6.45) is 10.1. The van der Waals surface area contributed by atoms with E-state index in [9.17, 15) is 9.59 Å². The Balaban J connectivity index is 1.59. The van der Waals surface area contributed by atoms with Crippen molar-refractivity contribution in [1.82, 2.24) is 20.1 Å². The fourth-order valence-electron chi connectivity index (χ4n) is 4.44. The smallest absolute Gasteiger partial charge is 0.252 e. The van der Waals surface area contributed by atoms with Crippen LogP contribution in [-0.4, -0.2) is 45.3 Å². The molecule has 1 aliphatic heterocycles. The number of amides is 2. The van der Waals surface area contributed by atoms with Crippen LogP contribution in [0.1, 0.15) is 62.4 Å². The third-order valence-corrected chi connectivity index (χ3v) is 6.45. The van der Waals surface area contributed by atoms with Gasteiger partial charge in [-0.25, -0.2) is 4.98 Å². The number of benzene rings is 1. The van der Waals surface area contributed by atoms with E-state index in [-0.39, 0.29) is 18.1 Å². The number of fused-ring (bicyclic) bond motifs is 1. The highest BCUT2D eigenvalue weighted by atomic mass is 16.5. The van der Waals surface area contributed by atoms with E-state index in [1.165, 1.54) is 6.42 Å². The van der Waals surface area contributed by atoms with Crippen molar-refractivity contribution in [3.63, 3.8) is 0 Å². The summed E-state index contributed by atoms with van der Waals surface area (Å²) in [5, 5.41) is 8.95. The van der Waals surface area contributed by atoms with Gasteiger partial charge in [0.25, 0.3) is 5.91 Å². The minimum absolute atomic E-state index is 0.0314. The van der Waals surface area contributed by atoms with E-state index < -0.39 is 5.91 Å². The van der Waals surface area contributed by atoms with Gasteiger partial charge < -0.3 is 20.5 Å². The molecule has 3 aromatic rings. The molecule has 0 radical (unpaired) electrons. The van der Waals surface area contributed by atoms with Crippen molar-refractivity contribution < 1.29 is 19.1 Å². The lowest BCUT2D eigenvalue weighted by Gasteiger charge is -2.25. The maximum absolute atomic E-state index is 12.3. The van der Waals surface area contributed by atoms with Crippen molar-refractivity contribution in [2.24, 2.45) is 5.73 Å². The zero-order chi connectivity index (χ0) is 23.8. The number of hydrogen-bond donors (Lipinski definition) is 2. The molecular formula is C25H29N5O4. The second-order valence-electron chi connectivity index (χ2n) is 9.31. The number of nitrogens with one attached hydrogen (secondary N) is 1. The van der Waals surface area contributed by atoms with E-state index >= 15 is 0 Å². The number of nitrogens with two attached hydrogens (primary N) is 1. The maximum Gasteiger partial charge on any atom is 0.252 e. The van der Waals surface area contributed by atoms with Crippen LogP contribution in [0.4, 0.5) is 0 Å². The van der Waals surface area contributed by atoms with Crippen LogP contribution >= 0.6 is 0 Å². The van der Waals surface area contributed by atoms with E-state index in [0.717, 1.165) is 35.8 Å². The normalized spacial score (nSPS) is 18.2. The first-order chi connectivity index (χ1) is 16.4. The molecular weight excluding hydrogens is 434 g/mol. The molecule has 178 valence electrons. The molecule has 1 atom stereocenters. The Kier molecular flexibility index (Phi) is 5.85. The number of hydrogen-bond acceptors (Lipinski definition) is 6. The van der Waals surface area contributed by atoms with Gasteiger partial charge >= 0.3 is 0 Å². The fraction of sp³-hybridized carbons (Fsp3) is 0.440. The standard InChI is InChI=1S/C25H29N5O4/c1-14(2)34-22-9-19-18(8-20(22)24(26)32)21(15-10-28-30(12-15)17-4-3-5-17)11-27-25(19)33-13-16-6-7-23(31)29-16/h8-12,14,16-17H,3-7,13H2,1-2H3,(H2,26,32)(H,29,31). The van der Waals surface area contributed by atoms with Gasteiger partial charge in [-0.05, 0) is 57.0 Å². The van der Waals surface area contributed by atoms with Crippen molar-refractivity contribution in [1.29, 1.82) is 0 Å². The second kappa shape index (κ2) is 8.96. The highest BCUT2D eigenvalue weighted by Crippen LogP contribution is 2.38. The van der Waals surface area contributed by atoms with Crippen LogP contribution < -0.4 is 20.5 Å². The number of nitrogens with zero attached hydrogens (tertiary/aromatic N) is 3. The number of ether oxygens (including phenoxy) is 2. The van der Waals surface area contributed by atoms with Gasteiger partial charge in [0.2, 0.25) is 11.8 Å². The predicted molar refractivity (Wildman–Crippen MR) is 127 cm³/mol. The van der Waals surface area contributed by atoms with E-state index in [1.54, 1.807) is 18.3 Å². The van der Waals surface area contributed by atoms with Crippen LogP contribution in [0.3, 0.4) is 0 Å². The van der Waals surface area contributed by atoms with Crippen molar-refractivity contribution in [2.45, 2.75) is 64.1 Å². The highest BCUT2D eigenvalue weighted by molar-refractivity contribution is 6.06. The molecule has 1 saturated heterocycles. The van der Waals surface area contributed by atoms with Gasteiger partial charge in [-0.3, -0.25) is 14.3 Å². The molecule has 0 spiro atoms. The average Bonchev–Trinajstić information content (AvgIpc) is 3.39. The topological polar surface area (TPSA) is 121 Å². The Hall–Kier alpha value is -3.62. The summed E-state index contributed by atoms with van der Waals surface area (Å²) in [5.74, 6) is 0.264. The number of carbonyl (C=O) groups is 2. The van der Waals surface area contributed by atoms with Crippen LogP contribution in [0.25, 0.3) is 21.9 Å². The molecule has 5 rings (SSSR count). The van der Waals surface area contributed by atoms with Gasteiger partial charge in [-0.1, -0.05) is 0 Å². The molecule has 34 heavy (non-hydrogen) atoms. The summed E-state index contributed by atoms with van der Waals surface area (Å²) < 4.78 is 14.0. The first-order valence-electron chi connectivity index (χ1n) is 11.8. The largest absolute Gasteiger partial charge is 0.490 e. The molecule has 1 aliphatic carbocycles. The Morgan fingerprint density at radius 1 is 1.24 bits per heavy atom. The summed E-state index contributed by atoms with van der Waals surface area (Å²) in [6, 6.07) is 3.90. The van der Waals surface area contributed by atoms with Crippen LogP contribution in [0.15, 0.2) is 30.7 Å². The molecule has 1 aromatic carbocycles. The SMILES string of the molecule is CC(C)Oc1cc2c(OCC3CCC(=O)N3)ncc(-c3cnn(C4CCC4)c3)c2cc1C(N)=O. The molecule has 2 aliphatic rings. The third-order valence-electron chi connectivity index (χ3n) is 6.45. The van der Waals surface area contributed by atoms with Crippen molar-refractivity contribution in [2.75, 3.05) is 6.61 Å². The van der Waals surface area contributed by atoms with Crippen molar-refractivity contribution >= 4 is 22.6 Å². The lowest BCUT2D eigenvalue weighted by Crippen LogP contribution is -2.31. The first-order valence-corrected chi connectivity index (χ1v) is 11.8. The van der Waals surface area contributed by atoms with Crippen molar-refractivity contribution in [3.8, 4) is 22.8 Å². The lowest BCUT2D eigenvalue weighted by molar-refractivity contribution is -0.119. The van der Waals surface area contributed by atoms with Gasteiger partial charge in [-0.15, -0.1) is 0 Å². The predicted octanol–water partition coefficient (Wildman–Crippen LogP) is 3.37. The van der Waals surface area contributed by atoms with E-state index in [1.807, 2.05) is 30.9 Å². The van der Waals surface area contributed by atoms with Crippen LogP contribution in [0.2, 0.25) is 0 Å². The maximum atomic E-state index is 12.3. The second-order valence-corrected chi connectivity index (χ2v) is 9.31. The average molecular weight is 464 g/mol. The zero-order valence-electron chi connectivity index (χ0n) is 19.4. The number of rotatable bonds is 8. The highest BCUT2D eigenvalue weighted by Gasteiger charge is 2.24. The minimum Gasteiger partial charge on any atom is -0.490 e. The lowest BCUT2D eigenvalue weighted by atomic mass is 9.93. The Bertz CT molecular complexity index is 1250. The summed E-state index contributed by atoms with van der Waals surface area (Å²) in [7, 11) is 0. The monoisotopic (exact) mass is 463 g/mol. The molecule has 2 amide bonds. The molecule has 2 aromatic heterocycles. The van der Waals surface area contributed by atoms with Gasteiger partial charge in [0.05, 0.1) is 29.9 Å². The number of pyridine rings is 1. The van der Waals surface area contributed by atoms with Crippen molar-refractivity contribution in [3.05, 3.63) is 36.3 Å². The van der Waals surface area contributed by atoms with E-state index in [2.05, 4.69) is 15.4 Å².